The smallest absolute Gasteiger partial charge is 0.224 e. The van der Waals surface area contributed by atoms with Crippen molar-refractivity contribution in [2.75, 3.05) is 0 Å². The van der Waals surface area contributed by atoms with Gasteiger partial charge in [0.15, 0.2) is 0 Å². The van der Waals surface area contributed by atoms with Crippen molar-refractivity contribution in [3.63, 3.8) is 0 Å². The van der Waals surface area contributed by atoms with Crippen molar-refractivity contribution >= 4 is 11.8 Å². The summed E-state index contributed by atoms with van der Waals surface area (Å²) in [5.41, 5.74) is 4.77. The Hall–Kier alpha value is -1.32. The Balaban J connectivity index is 0. The lowest BCUT2D eigenvalue weighted by Gasteiger charge is -2.36. The highest BCUT2D eigenvalue weighted by Crippen LogP contribution is 2.34. The molecule has 0 aliphatic rings. The highest BCUT2D eigenvalue weighted by Gasteiger charge is 2.41. The van der Waals surface area contributed by atoms with E-state index in [1.165, 1.54) is 0 Å². The Morgan fingerprint density at radius 2 is 1.65 bits per heavy atom. The lowest BCUT2D eigenvalue weighted by atomic mass is 9.71. The number of allylic oxidation sites excluding steroid dienone is 1. The second-order valence-corrected chi connectivity index (χ2v) is 7.12. The molecule has 0 rings (SSSR count). The summed E-state index contributed by atoms with van der Waals surface area (Å²) in [7, 11) is 0. The van der Waals surface area contributed by atoms with Crippen LogP contribution < -0.4 is 11.1 Å². The van der Waals surface area contributed by atoms with Crippen LogP contribution in [0.5, 0.6) is 0 Å². The van der Waals surface area contributed by atoms with Gasteiger partial charge in [0.05, 0.1) is 11.8 Å². The Morgan fingerprint density at radius 3 is 1.90 bits per heavy atom. The van der Waals surface area contributed by atoms with Gasteiger partial charge in [0.25, 0.3) is 0 Å². The van der Waals surface area contributed by atoms with Crippen LogP contribution in [-0.2, 0) is 9.59 Å². The summed E-state index contributed by atoms with van der Waals surface area (Å²) in [6, 6.07) is 0. The van der Waals surface area contributed by atoms with E-state index in [9.17, 15) is 9.59 Å². The van der Waals surface area contributed by atoms with E-state index in [-0.39, 0.29) is 24.3 Å². The minimum Gasteiger partial charge on any atom is -0.369 e. The number of carbonyl (C=O) groups is 2. The second kappa shape index (κ2) is 7.46. The van der Waals surface area contributed by atoms with Crippen LogP contribution in [0.1, 0.15) is 55.4 Å². The maximum atomic E-state index is 12.5. The third-order valence-electron chi connectivity index (χ3n) is 2.90. The fourth-order valence-corrected chi connectivity index (χ4v) is 2.22. The first-order chi connectivity index (χ1) is 8.40. The van der Waals surface area contributed by atoms with Gasteiger partial charge in [0.1, 0.15) is 0 Å². The minimum atomic E-state index is -0.528. The lowest BCUT2D eigenvalue weighted by molar-refractivity contribution is -0.138. The molecule has 0 saturated heterocycles. The molecule has 4 nitrogen and oxygen atoms in total. The molecule has 0 unspecified atom stereocenters. The van der Waals surface area contributed by atoms with Crippen molar-refractivity contribution < 1.29 is 9.59 Å². The molecule has 0 radical (unpaired) electrons. The zero-order chi connectivity index (χ0) is 15.4. The number of hydrogen-bond acceptors (Lipinski definition) is 2. The zero-order valence-electron chi connectivity index (χ0n) is 13.0. The Kier molecular flexibility index (Phi) is 7.83. The summed E-state index contributed by atoms with van der Waals surface area (Å²) in [6.45, 7) is 15.2. The molecule has 0 bridgehead atoms. The Bertz CT molecular complexity index is 348. The summed E-state index contributed by atoms with van der Waals surface area (Å²) in [6.07, 6.45) is 2.05. The molecular formula is C16H32N2O2. The maximum Gasteiger partial charge on any atom is 0.224 e. The van der Waals surface area contributed by atoms with Crippen LogP contribution in [0.4, 0.5) is 0 Å². The van der Waals surface area contributed by atoms with Crippen molar-refractivity contribution in [1.82, 2.24) is 5.32 Å². The van der Waals surface area contributed by atoms with Gasteiger partial charge < -0.3 is 11.1 Å². The Morgan fingerprint density at radius 1 is 1.20 bits per heavy atom. The number of nitrogens with one attached hydrogen (secondary N) is 1. The van der Waals surface area contributed by atoms with Gasteiger partial charge in [0.2, 0.25) is 11.8 Å². The van der Waals surface area contributed by atoms with Crippen LogP contribution >= 0.6 is 0 Å². The summed E-state index contributed by atoms with van der Waals surface area (Å²) in [4.78, 5) is 24.1. The normalized spacial score (nSPS) is 14.7. The zero-order valence-corrected chi connectivity index (χ0v) is 13.0. The van der Waals surface area contributed by atoms with Gasteiger partial charge in [-0.2, -0.15) is 0 Å². The molecule has 0 heterocycles. The molecule has 0 aromatic rings. The van der Waals surface area contributed by atoms with E-state index in [0.717, 1.165) is 0 Å². The van der Waals surface area contributed by atoms with E-state index < -0.39 is 17.7 Å². The third-order valence-corrected chi connectivity index (χ3v) is 2.90. The average Bonchev–Trinajstić information content (AvgIpc) is 2.11. The molecule has 0 aliphatic heterocycles. The first-order valence-electron chi connectivity index (χ1n) is 6.62. The summed E-state index contributed by atoms with van der Waals surface area (Å²) >= 11 is 0. The molecule has 0 saturated carbocycles. The topological polar surface area (TPSA) is 72.2 Å². The van der Waals surface area contributed by atoms with Crippen LogP contribution in [0.25, 0.3) is 0 Å². The van der Waals surface area contributed by atoms with E-state index in [2.05, 4.69) is 11.9 Å². The molecule has 4 heteroatoms. The van der Waals surface area contributed by atoms with Crippen molar-refractivity contribution in [1.29, 1.82) is 0 Å². The third kappa shape index (κ3) is 6.73. The summed E-state index contributed by atoms with van der Waals surface area (Å²) in [5, 5.41) is 2.94. The molecule has 2 amide bonds. The maximum absolute atomic E-state index is 12.5. The summed E-state index contributed by atoms with van der Waals surface area (Å²) < 4.78 is 0. The predicted octanol–water partition coefficient (Wildman–Crippen LogP) is 2.88. The molecule has 0 aliphatic carbocycles. The molecule has 0 fully saturated rings. The fraction of sp³-hybridized carbons (Fsp3) is 0.750. The van der Waals surface area contributed by atoms with Crippen molar-refractivity contribution in [2.45, 2.75) is 60.9 Å². The molecule has 2 atom stereocenters. The van der Waals surface area contributed by atoms with Crippen molar-refractivity contribution in [2.24, 2.45) is 23.0 Å². The number of amides is 2. The monoisotopic (exact) mass is 284 g/mol. The van der Waals surface area contributed by atoms with Gasteiger partial charge in [-0.3, -0.25) is 9.59 Å². The van der Waals surface area contributed by atoms with Crippen LogP contribution in [0.15, 0.2) is 12.7 Å². The van der Waals surface area contributed by atoms with Crippen LogP contribution in [0.3, 0.4) is 0 Å². The highest BCUT2D eigenvalue weighted by atomic mass is 16.2. The van der Waals surface area contributed by atoms with Crippen LogP contribution in [0, 0.1) is 17.3 Å². The van der Waals surface area contributed by atoms with E-state index in [1.54, 1.807) is 6.08 Å². The Labute approximate surface area is 124 Å². The van der Waals surface area contributed by atoms with Gasteiger partial charge in [-0.25, -0.2) is 0 Å². The number of nitrogens with two attached hydrogens (primary N) is 1. The van der Waals surface area contributed by atoms with Gasteiger partial charge in [0, 0.05) is 5.54 Å². The van der Waals surface area contributed by atoms with E-state index in [0.29, 0.717) is 6.42 Å². The van der Waals surface area contributed by atoms with E-state index >= 15 is 0 Å². The van der Waals surface area contributed by atoms with Gasteiger partial charge in [-0.15, -0.1) is 6.58 Å². The number of hydrogen-bond donors (Lipinski definition) is 2. The van der Waals surface area contributed by atoms with Crippen molar-refractivity contribution in [3.05, 3.63) is 12.7 Å². The summed E-state index contributed by atoms with van der Waals surface area (Å²) in [5.74, 6) is -1.59. The van der Waals surface area contributed by atoms with Crippen LogP contribution in [-0.4, -0.2) is 17.4 Å². The van der Waals surface area contributed by atoms with Crippen LogP contribution in [0.2, 0.25) is 0 Å². The molecule has 3 N–H and O–H groups in total. The van der Waals surface area contributed by atoms with Gasteiger partial charge >= 0.3 is 0 Å². The SMILES string of the molecule is C.C=CC[C@H](C(N)=O)[C@H](C(=O)NC(C)(C)C)C(C)(C)C. The number of primary amides is 1. The first kappa shape index (κ1) is 21.0. The molecular weight excluding hydrogens is 252 g/mol. The fourth-order valence-electron chi connectivity index (χ4n) is 2.22. The standard InChI is InChI=1S/C15H28N2O2.CH4/c1-8-9-10(12(16)18)11(14(2,3)4)13(19)17-15(5,6)7;/h8,10-11H,1,9H2,2-7H3,(H2,16,18)(H,17,19);1H4/t10-,11+;/m0./s1. The largest absolute Gasteiger partial charge is 0.369 e. The average molecular weight is 284 g/mol. The number of carbonyl (C=O) groups excluding carboxylic acids is 2. The lowest BCUT2D eigenvalue weighted by Crippen LogP contribution is -2.51. The van der Waals surface area contributed by atoms with Gasteiger partial charge in [-0.05, 0) is 32.6 Å². The van der Waals surface area contributed by atoms with E-state index in [4.69, 9.17) is 5.73 Å². The van der Waals surface area contributed by atoms with Crippen molar-refractivity contribution in [3.8, 4) is 0 Å². The van der Waals surface area contributed by atoms with Gasteiger partial charge in [-0.1, -0.05) is 34.3 Å². The molecule has 0 aromatic carbocycles. The van der Waals surface area contributed by atoms with E-state index in [1.807, 2.05) is 41.5 Å². The molecule has 0 aromatic heterocycles. The highest BCUT2D eigenvalue weighted by molar-refractivity contribution is 5.87. The second-order valence-electron chi connectivity index (χ2n) is 7.12. The predicted molar refractivity (Wildman–Crippen MR) is 85.1 cm³/mol. The number of rotatable bonds is 5. The molecule has 0 spiro atoms. The molecule has 20 heavy (non-hydrogen) atoms. The molecule has 118 valence electrons. The minimum absolute atomic E-state index is 0. The quantitative estimate of drug-likeness (QED) is 0.762. The first-order valence-corrected chi connectivity index (χ1v) is 6.62.